The lowest BCUT2D eigenvalue weighted by Crippen LogP contribution is -2.08. The molecule has 6 nitrogen and oxygen atoms in total. The van der Waals surface area contributed by atoms with Crippen molar-refractivity contribution in [2.45, 2.75) is 6.92 Å². The van der Waals surface area contributed by atoms with Gasteiger partial charge in [-0.1, -0.05) is 0 Å². The van der Waals surface area contributed by atoms with E-state index in [1.54, 1.807) is 38.3 Å². The molecule has 0 unspecified atom stereocenters. The first-order chi connectivity index (χ1) is 10.1. The minimum absolute atomic E-state index is 0.232. The van der Waals surface area contributed by atoms with Crippen LogP contribution in [0.1, 0.15) is 17.3 Å². The summed E-state index contributed by atoms with van der Waals surface area (Å²) in [5, 5.41) is 0. The first kappa shape index (κ1) is 14.6. The molecule has 0 aliphatic rings. The molecule has 21 heavy (non-hydrogen) atoms. The highest BCUT2D eigenvalue weighted by Crippen LogP contribution is 2.24. The van der Waals surface area contributed by atoms with Gasteiger partial charge in [0.25, 0.3) is 0 Å². The first-order valence-electron chi connectivity index (χ1n) is 6.38. The van der Waals surface area contributed by atoms with Gasteiger partial charge in [0, 0.05) is 6.07 Å². The number of esters is 1. The molecule has 0 saturated carbocycles. The smallest absolute Gasteiger partial charge is 0.340 e. The minimum atomic E-state index is -0.503. The number of carbonyl (C=O) groups is 1. The number of hydrogen-bond donors (Lipinski definition) is 1. The van der Waals surface area contributed by atoms with Crippen LogP contribution in [0.3, 0.4) is 0 Å². The second kappa shape index (κ2) is 6.60. The molecule has 1 heterocycles. The van der Waals surface area contributed by atoms with Crippen LogP contribution in [-0.2, 0) is 4.74 Å². The van der Waals surface area contributed by atoms with Crippen molar-refractivity contribution in [3.8, 4) is 17.4 Å². The van der Waals surface area contributed by atoms with Crippen molar-refractivity contribution >= 4 is 11.7 Å². The molecule has 0 aliphatic heterocycles. The number of carbonyl (C=O) groups excluding carboxylic acids is 1. The number of rotatable bonds is 5. The number of anilines is 1. The number of nitrogens with zero attached hydrogens (tertiary/aromatic N) is 1. The number of methoxy groups -OCH3 is 1. The van der Waals surface area contributed by atoms with E-state index in [1.165, 1.54) is 12.3 Å². The fourth-order valence-electron chi connectivity index (χ4n) is 1.65. The number of benzene rings is 1. The first-order valence-corrected chi connectivity index (χ1v) is 6.38. The molecule has 2 rings (SSSR count). The summed E-state index contributed by atoms with van der Waals surface area (Å²) in [4.78, 5) is 15.8. The molecule has 110 valence electrons. The van der Waals surface area contributed by atoms with Crippen LogP contribution in [0.5, 0.6) is 17.4 Å². The van der Waals surface area contributed by atoms with Crippen LogP contribution < -0.4 is 15.2 Å². The normalized spacial score (nSPS) is 10.0. The van der Waals surface area contributed by atoms with Crippen molar-refractivity contribution in [3.63, 3.8) is 0 Å². The summed E-state index contributed by atoms with van der Waals surface area (Å²) in [6, 6.07) is 8.46. The summed E-state index contributed by atoms with van der Waals surface area (Å²) in [5.74, 6) is 1.05. The largest absolute Gasteiger partial charge is 0.497 e. The lowest BCUT2D eigenvalue weighted by atomic mass is 10.2. The van der Waals surface area contributed by atoms with E-state index in [0.717, 1.165) is 5.75 Å². The van der Waals surface area contributed by atoms with E-state index in [2.05, 4.69) is 4.98 Å². The van der Waals surface area contributed by atoms with E-state index in [9.17, 15) is 4.79 Å². The minimum Gasteiger partial charge on any atom is -0.497 e. The fraction of sp³-hybridized carbons (Fsp3) is 0.200. The third-order valence-electron chi connectivity index (χ3n) is 2.69. The molecule has 0 spiro atoms. The summed E-state index contributed by atoms with van der Waals surface area (Å²) in [5.41, 5.74) is 6.19. The molecule has 0 atom stereocenters. The number of nitrogen functional groups attached to an aromatic ring is 1. The van der Waals surface area contributed by atoms with Gasteiger partial charge >= 0.3 is 5.97 Å². The van der Waals surface area contributed by atoms with Gasteiger partial charge in [-0.2, -0.15) is 0 Å². The van der Waals surface area contributed by atoms with Crippen molar-refractivity contribution in [2.75, 3.05) is 19.5 Å². The maximum atomic E-state index is 11.8. The molecule has 0 radical (unpaired) electrons. The number of ether oxygens (including phenoxy) is 3. The van der Waals surface area contributed by atoms with Crippen LogP contribution in [0.4, 0.5) is 5.69 Å². The Morgan fingerprint density at radius 3 is 2.52 bits per heavy atom. The highest BCUT2D eigenvalue weighted by Gasteiger charge is 2.13. The van der Waals surface area contributed by atoms with Gasteiger partial charge in [-0.15, -0.1) is 0 Å². The van der Waals surface area contributed by atoms with Gasteiger partial charge in [-0.05, 0) is 31.2 Å². The van der Waals surface area contributed by atoms with E-state index < -0.39 is 5.97 Å². The zero-order chi connectivity index (χ0) is 15.2. The lowest BCUT2D eigenvalue weighted by Gasteiger charge is -2.09. The summed E-state index contributed by atoms with van der Waals surface area (Å²) in [7, 11) is 1.59. The molecule has 6 heteroatoms. The monoisotopic (exact) mass is 288 g/mol. The Kier molecular flexibility index (Phi) is 4.61. The number of nitrogens with two attached hydrogens (primary N) is 1. The Morgan fingerprint density at radius 1 is 1.24 bits per heavy atom. The van der Waals surface area contributed by atoms with Crippen molar-refractivity contribution in [3.05, 3.63) is 42.1 Å². The molecule has 0 fully saturated rings. The van der Waals surface area contributed by atoms with Gasteiger partial charge in [-0.3, -0.25) is 0 Å². The van der Waals surface area contributed by atoms with Gasteiger partial charge in [0.1, 0.15) is 11.5 Å². The van der Waals surface area contributed by atoms with Crippen molar-refractivity contribution < 1.29 is 19.0 Å². The van der Waals surface area contributed by atoms with Crippen LogP contribution >= 0.6 is 0 Å². The average Bonchev–Trinajstić information content (AvgIpc) is 2.50. The Hall–Kier alpha value is -2.76. The summed E-state index contributed by atoms with van der Waals surface area (Å²) < 4.78 is 15.6. The molecule has 0 bridgehead atoms. The summed E-state index contributed by atoms with van der Waals surface area (Å²) in [6.07, 6.45) is 1.37. The van der Waals surface area contributed by atoms with Crippen LogP contribution in [-0.4, -0.2) is 24.7 Å². The van der Waals surface area contributed by atoms with E-state index in [-0.39, 0.29) is 23.7 Å². The molecular formula is C15H16N2O4. The molecule has 1 aromatic carbocycles. The molecule has 2 N–H and O–H groups in total. The fourth-order valence-corrected chi connectivity index (χ4v) is 1.65. The van der Waals surface area contributed by atoms with Gasteiger partial charge in [0.2, 0.25) is 5.88 Å². The van der Waals surface area contributed by atoms with Crippen molar-refractivity contribution in [1.29, 1.82) is 0 Å². The summed E-state index contributed by atoms with van der Waals surface area (Å²) in [6.45, 7) is 2.00. The lowest BCUT2D eigenvalue weighted by molar-refractivity contribution is 0.0527. The third kappa shape index (κ3) is 3.62. The zero-order valence-corrected chi connectivity index (χ0v) is 11.8. The SMILES string of the molecule is CCOC(=O)c1cc(Oc2ccc(OC)cc2)ncc1N. The van der Waals surface area contributed by atoms with Crippen molar-refractivity contribution in [2.24, 2.45) is 0 Å². The molecule has 0 aliphatic carbocycles. The van der Waals surface area contributed by atoms with E-state index in [0.29, 0.717) is 5.75 Å². The number of aromatic nitrogens is 1. The molecular weight excluding hydrogens is 272 g/mol. The van der Waals surface area contributed by atoms with Gasteiger partial charge in [0.05, 0.1) is 31.2 Å². The Balaban J connectivity index is 2.20. The second-order valence-electron chi connectivity index (χ2n) is 4.11. The standard InChI is InChI=1S/C15H16N2O4/c1-3-20-15(18)12-8-14(17-9-13(12)16)21-11-6-4-10(19-2)5-7-11/h4-9H,3,16H2,1-2H3. The van der Waals surface area contributed by atoms with Gasteiger partial charge < -0.3 is 19.9 Å². The van der Waals surface area contributed by atoms with E-state index in [1.807, 2.05) is 0 Å². The van der Waals surface area contributed by atoms with Crippen molar-refractivity contribution in [1.82, 2.24) is 4.98 Å². The highest BCUT2D eigenvalue weighted by molar-refractivity contribution is 5.95. The zero-order valence-electron chi connectivity index (χ0n) is 11.8. The maximum Gasteiger partial charge on any atom is 0.340 e. The topological polar surface area (TPSA) is 83.7 Å². The quantitative estimate of drug-likeness (QED) is 0.851. The highest BCUT2D eigenvalue weighted by atomic mass is 16.5. The predicted octanol–water partition coefficient (Wildman–Crippen LogP) is 2.64. The molecule has 0 saturated heterocycles. The van der Waals surface area contributed by atoms with Crippen LogP contribution in [0.25, 0.3) is 0 Å². The third-order valence-corrected chi connectivity index (χ3v) is 2.69. The summed E-state index contributed by atoms with van der Waals surface area (Å²) >= 11 is 0. The Labute approximate surface area is 122 Å². The number of pyridine rings is 1. The van der Waals surface area contributed by atoms with Crippen LogP contribution in [0.2, 0.25) is 0 Å². The van der Waals surface area contributed by atoms with Gasteiger partial charge in [0.15, 0.2) is 0 Å². The Bertz CT molecular complexity index is 626. The van der Waals surface area contributed by atoms with E-state index >= 15 is 0 Å². The Morgan fingerprint density at radius 2 is 1.90 bits per heavy atom. The van der Waals surface area contributed by atoms with Crippen LogP contribution in [0, 0.1) is 0 Å². The van der Waals surface area contributed by atoms with Gasteiger partial charge in [-0.25, -0.2) is 9.78 Å². The van der Waals surface area contributed by atoms with E-state index in [4.69, 9.17) is 19.9 Å². The molecule has 0 amide bonds. The number of hydrogen-bond acceptors (Lipinski definition) is 6. The average molecular weight is 288 g/mol. The van der Waals surface area contributed by atoms with Crippen LogP contribution in [0.15, 0.2) is 36.5 Å². The molecule has 1 aromatic heterocycles. The molecule has 2 aromatic rings. The maximum absolute atomic E-state index is 11.8. The second-order valence-corrected chi connectivity index (χ2v) is 4.11. The predicted molar refractivity (Wildman–Crippen MR) is 77.7 cm³/mol.